The van der Waals surface area contributed by atoms with Crippen molar-refractivity contribution in [1.29, 1.82) is 0 Å². The van der Waals surface area contributed by atoms with Crippen molar-refractivity contribution in [2.24, 2.45) is 0 Å². The van der Waals surface area contributed by atoms with E-state index in [2.05, 4.69) is 12.0 Å². The molecule has 1 saturated carbocycles. The zero-order chi connectivity index (χ0) is 41.5. The molecule has 60 heavy (non-hydrogen) atoms. The summed E-state index contributed by atoms with van der Waals surface area (Å²) in [4.78, 5) is 24.8. The van der Waals surface area contributed by atoms with Gasteiger partial charge in [0, 0.05) is 60.6 Å². The maximum Gasteiger partial charge on any atom is 0.410 e. The number of nitrogens with zero attached hydrogens (tertiary/aromatic N) is 5. The fourth-order valence-corrected chi connectivity index (χ4v) is 8.46. The summed E-state index contributed by atoms with van der Waals surface area (Å²) in [6, 6.07) is 11.5. The number of amides is 1. The molecule has 4 fully saturated rings. The fraction of sp³-hybridized carbons (Fsp3) is 0.489. The zero-order valence-corrected chi connectivity index (χ0v) is 34.8. The minimum Gasteiger partial charge on any atom is -0.486 e. The van der Waals surface area contributed by atoms with Crippen molar-refractivity contribution >= 4 is 27.9 Å². The Balaban J connectivity index is 1.23. The van der Waals surface area contributed by atoms with Crippen molar-refractivity contribution in [3.63, 3.8) is 0 Å². The second-order valence-corrected chi connectivity index (χ2v) is 17.4. The summed E-state index contributed by atoms with van der Waals surface area (Å²) in [7, 11) is 0. The third-order valence-electron chi connectivity index (χ3n) is 11.7. The number of aromatic nitrogens is 4. The molecule has 2 atom stereocenters. The van der Waals surface area contributed by atoms with Gasteiger partial charge in [0.15, 0.2) is 12.0 Å². The van der Waals surface area contributed by atoms with E-state index in [1.165, 1.54) is 0 Å². The molecule has 1 unspecified atom stereocenters. The lowest BCUT2D eigenvalue weighted by molar-refractivity contribution is -0.0366. The van der Waals surface area contributed by atoms with Gasteiger partial charge in [-0.1, -0.05) is 18.1 Å². The van der Waals surface area contributed by atoms with Crippen LogP contribution in [-0.4, -0.2) is 81.5 Å². The maximum absolute atomic E-state index is 16.5. The third-order valence-corrected chi connectivity index (χ3v) is 11.7. The van der Waals surface area contributed by atoms with Crippen LogP contribution in [0.25, 0.3) is 32.9 Å². The van der Waals surface area contributed by atoms with Gasteiger partial charge >= 0.3 is 12.1 Å². The number of fused-ring (bicyclic) bond motifs is 2. The van der Waals surface area contributed by atoms with E-state index >= 15 is 4.39 Å². The maximum atomic E-state index is 16.5. The molecule has 0 bridgehead atoms. The van der Waals surface area contributed by atoms with Crippen LogP contribution < -0.4 is 14.2 Å². The van der Waals surface area contributed by atoms with Crippen LogP contribution in [0.4, 0.5) is 9.18 Å². The van der Waals surface area contributed by atoms with Crippen LogP contribution in [0.3, 0.4) is 0 Å². The van der Waals surface area contributed by atoms with Crippen molar-refractivity contribution < 1.29 is 37.6 Å². The van der Waals surface area contributed by atoms with Gasteiger partial charge in [-0.15, -0.1) is 6.42 Å². The van der Waals surface area contributed by atoms with E-state index in [0.717, 1.165) is 59.7 Å². The minimum atomic E-state index is -0.625. The van der Waals surface area contributed by atoms with E-state index in [0.29, 0.717) is 91.3 Å². The Morgan fingerprint density at radius 1 is 0.950 bits per heavy atom. The van der Waals surface area contributed by atoms with Crippen LogP contribution in [0.5, 0.6) is 17.6 Å². The number of ether oxygens (including phenoxy) is 6. The van der Waals surface area contributed by atoms with Gasteiger partial charge in [-0.2, -0.15) is 15.1 Å². The van der Waals surface area contributed by atoms with Gasteiger partial charge in [-0.05, 0) is 101 Å². The minimum absolute atomic E-state index is 0.142. The standard InChI is InChI=1S/C47H52FN5O7/c1-6-29-10-12-30(13-11-29)27-57-43-41(40-28(2)37(48)24-38-36(40)25-49-53(38)39-9-7-8-20-56-39)34(31-14-15-31)23-35-42(43)50-45(59-32-17-21-55-22-18-32)51-44(35)58-33-16-19-52(26-33)46(54)60-47(3,4)5/h1,10-13,23-25,31-33,39H,7-9,14-22,26-27H2,2-5H3/t33-,39?/m0/s1. The Hall–Kier alpha value is -5.45. The molecule has 5 aromatic rings. The molecular formula is C47H52FN5O7. The van der Waals surface area contributed by atoms with Gasteiger partial charge in [0.05, 0.1) is 36.9 Å². The zero-order valence-electron chi connectivity index (χ0n) is 34.8. The molecular weight excluding hydrogens is 766 g/mol. The smallest absolute Gasteiger partial charge is 0.410 e. The molecule has 0 spiro atoms. The molecule has 12 nitrogen and oxygen atoms in total. The fourth-order valence-electron chi connectivity index (χ4n) is 8.46. The SMILES string of the molecule is C#Cc1ccc(COc2c(-c3c(C)c(F)cc4c3cnn4C3CCCCO3)c(C3CC3)cc3c(O[C@H]4CCN(C(=O)OC(C)(C)C)C4)nc(OC4CCOCC4)nc23)cc1. The van der Waals surface area contributed by atoms with Crippen LogP contribution >= 0.6 is 0 Å². The van der Waals surface area contributed by atoms with Gasteiger partial charge in [-0.25, -0.2) is 13.9 Å². The lowest BCUT2D eigenvalue weighted by Gasteiger charge is -2.25. The molecule has 13 heteroatoms. The highest BCUT2D eigenvalue weighted by Gasteiger charge is 2.36. The Morgan fingerprint density at radius 2 is 1.75 bits per heavy atom. The van der Waals surface area contributed by atoms with E-state index < -0.39 is 5.60 Å². The highest BCUT2D eigenvalue weighted by Crippen LogP contribution is 2.53. The normalized spacial score (nSPS) is 20.0. The number of likely N-dealkylation sites (tertiary alicyclic amines) is 1. The summed E-state index contributed by atoms with van der Waals surface area (Å²) in [6.45, 7) is 10.1. The molecule has 314 valence electrons. The lowest BCUT2D eigenvalue weighted by atomic mass is 9.88. The first-order valence-electron chi connectivity index (χ1n) is 21.3. The number of terminal acetylenes is 1. The summed E-state index contributed by atoms with van der Waals surface area (Å²) in [5.74, 6) is 3.31. The molecule has 1 amide bonds. The summed E-state index contributed by atoms with van der Waals surface area (Å²) >= 11 is 0. The average molecular weight is 818 g/mol. The Morgan fingerprint density at radius 3 is 2.47 bits per heavy atom. The van der Waals surface area contributed by atoms with Gasteiger partial charge in [0.25, 0.3) is 0 Å². The van der Waals surface area contributed by atoms with Gasteiger partial charge in [0.2, 0.25) is 5.88 Å². The first-order chi connectivity index (χ1) is 29.0. The number of rotatable bonds is 10. The summed E-state index contributed by atoms with van der Waals surface area (Å²) in [6.07, 6.45) is 12.9. The summed E-state index contributed by atoms with van der Waals surface area (Å²) < 4.78 is 56.1. The van der Waals surface area contributed by atoms with E-state index in [-0.39, 0.29) is 48.9 Å². The van der Waals surface area contributed by atoms with Gasteiger partial charge in [0.1, 0.15) is 35.7 Å². The van der Waals surface area contributed by atoms with Crippen molar-refractivity contribution in [3.8, 4) is 41.1 Å². The van der Waals surface area contributed by atoms with E-state index in [1.807, 2.05) is 62.8 Å². The third kappa shape index (κ3) is 8.32. The Bertz CT molecular complexity index is 2440. The molecule has 3 aliphatic heterocycles. The number of carbonyl (C=O) groups excluding carboxylic acids is 1. The number of benzene rings is 3. The van der Waals surface area contributed by atoms with Crippen LogP contribution in [0, 0.1) is 25.1 Å². The molecule has 0 radical (unpaired) electrons. The van der Waals surface area contributed by atoms with Crippen LogP contribution in [0.2, 0.25) is 0 Å². The van der Waals surface area contributed by atoms with E-state index in [9.17, 15) is 4.79 Å². The summed E-state index contributed by atoms with van der Waals surface area (Å²) in [5.41, 5.74) is 5.09. The molecule has 3 saturated heterocycles. The molecule has 5 heterocycles. The molecule has 4 aliphatic rings. The van der Waals surface area contributed by atoms with Crippen LogP contribution in [0.15, 0.2) is 42.6 Å². The van der Waals surface area contributed by atoms with Crippen LogP contribution in [-0.2, 0) is 20.8 Å². The van der Waals surface area contributed by atoms with Crippen molar-refractivity contribution in [2.45, 2.75) is 116 Å². The largest absolute Gasteiger partial charge is 0.486 e. The monoisotopic (exact) mass is 817 g/mol. The van der Waals surface area contributed by atoms with Gasteiger partial charge in [-0.3, -0.25) is 0 Å². The lowest BCUT2D eigenvalue weighted by Crippen LogP contribution is -2.36. The molecule has 2 aromatic heterocycles. The molecule has 3 aromatic carbocycles. The topological polar surface area (TPSA) is 119 Å². The highest BCUT2D eigenvalue weighted by atomic mass is 19.1. The van der Waals surface area contributed by atoms with Crippen molar-refractivity contribution in [2.75, 3.05) is 32.9 Å². The molecule has 9 rings (SSSR count). The number of halogens is 1. The predicted octanol–water partition coefficient (Wildman–Crippen LogP) is 9.18. The van der Waals surface area contributed by atoms with E-state index in [1.54, 1.807) is 11.0 Å². The van der Waals surface area contributed by atoms with E-state index in [4.69, 9.17) is 49.9 Å². The predicted molar refractivity (Wildman–Crippen MR) is 224 cm³/mol. The number of hydrogen-bond acceptors (Lipinski definition) is 10. The summed E-state index contributed by atoms with van der Waals surface area (Å²) in [5, 5.41) is 6.26. The molecule has 1 aliphatic carbocycles. The number of hydrogen-bond donors (Lipinski definition) is 0. The Kier molecular flexibility index (Phi) is 11.0. The average Bonchev–Trinajstić information content (AvgIpc) is 3.84. The number of carbonyl (C=O) groups is 1. The van der Waals surface area contributed by atoms with Crippen molar-refractivity contribution in [3.05, 3.63) is 70.7 Å². The molecule has 0 N–H and O–H groups in total. The first-order valence-corrected chi connectivity index (χ1v) is 21.3. The quantitative estimate of drug-likeness (QED) is 0.126. The first kappa shape index (κ1) is 40.0. The van der Waals surface area contributed by atoms with Gasteiger partial charge < -0.3 is 33.3 Å². The second-order valence-electron chi connectivity index (χ2n) is 17.4. The van der Waals surface area contributed by atoms with Crippen molar-refractivity contribution in [1.82, 2.24) is 24.6 Å². The Labute approximate surface area is 349 Å². The highest BCUT2D eigenvalue weighted by molar-refractivity contribution is 6.05. The second kappa shape index (κ2) is 16.5. The van der Waals surface area contributed by atoms with Crippen LogP contribution in [0.1, 0.15) is 107 Å².